The lowest BCUT2D eigenvalue weighted by molar-refractivity contribution is 0.171. The first-order chi connectivity index (χ1) is 12.8. The van der Waals surface area contributed by atoms with Gasteiger partial charge in [-0.25, -0.2) is 9.97 Å². The molecule has 0 atom stereocenters. The van der Waals surface area contributed by atoms with Crippen molar-refractivity contribution >= 4 is 5.69 Å². The van der Waals surface area contributed by atoms with Gasteiger partial charge in [0.15, 0.2) is 5.82 Å². The number of phenols is 1. The molecular weight excluding hydrogens is 326 g/mol. The first kappa shape index (κ1) is 16.4. The van der Waals surface area contributed by atoms with E-state index in [1.807, 2.05) is 54.9 Å². The molecular formula is C21H21N3O2. The van der Waals surface area contributed by atoms with E-state index < -0.39 is 0 Å². The fourth-order valence-electron chi connectivity index (χ4n) is 3.17. The predicted octanol–water partition coefficient (Wildman–Crippen LogP) is 3.90. The molecule has 2 heterocycles. The van der Waals surface area contributed by atoms with E-state index in [9.17, 15) is 5.11 Å². The second kappa shape index (κ2) is 7.44. The smallest absolute Gasteiger partial charge is 0.159 e. The van der Waals surface area contributed by atoms with E-state index in [0.717, 1.165) is 42.9 Å². The number of piperidine rings is 1. The van der Waals surface area contributed by atoms with E-state index in [1.165, 1.54) is 0 Å². The average Bonchev–Trinajstić information content (AvgIpc) is 2.70. The summed E-state index contributed by atoms with van der Waals surface area (Å²) in [5.41, 5.74) is 1.93. The van der Waals surface area contributed by atoms with Crippen molar-refractivity contribution in [3.63, 3.8) is 0 Å². The third-order valence-corrected chi connectivity index (χ3v) is 4.62. The number of aromatic hydroxyl groups is 1. The van der Waals surface area contributed by atoms with Crippen LogP contribution in [0, 0.1) is 0 Å². The molecule has 0 spiro atoms. The summed E-state index contributed by atoms with van der Waals surface area (Å²) in [4.78, 5) is 11.2. The molecule has 5 heteroatoms. The van der Waals surface area contributed by atoms with Crippen LogP contribution < -0.4 is 9.64 Å². The fourth-order valence-corrected chi connectivity index (χ4v) is 3.17. The van der Waals surface area contributed by atoms with Crippen molar-refractivity contribution in [2.75, 3.05) is 18.0 Å². The molecule has 0 amide bonds. The maximum absolute atomic E-state index is 9.37. The van der Waals surface area contributed by atoms with Crippen LogP contribution in [0.15, 0.2) is 67.0 Å². The quantitative estimate of drug-likeness (QED) is 0.776. The summed E-state index contributed by atoms with van der Waals surface area (Å²) in [5, 5.41) is 9.37. The van der Waals surface area contributed by atoms with Gasteiger partial charge in [0.2, 0.25) is 0 Å². The SMILES string of the molecule is Oc1ccc(-c2ncc(N3CCC(Oc4ccccc4)CC3)cn2)cc1. The van der Waals surface area contributed by atoms with Crippen LogP contribution in [0.5, 0.6) is 11.5 Å². The molecule has 3 aromatic rings. The Labute approximate surface area is 152 Å². The van der Waals surface area contributed by atoms with E-state index in [0.29, 0.717) is 5.82 Å². The Morgan fingerprint density at radius 2 is 1.54 bits per heavy atom. The van der Waals surface area contributed by atoms with Gasteiger partial charge < -0.3 is 14.7 Å². The number of benzene rings is 2. The Balaban J connectivity index is 1.36. The molecule has 26 heavy (non-hydrogen) atoms. The molecule has 1 fully saturated rings. The summed E-state index contributed by atoms with van der Waals surface area (Å²) in [5.74, 6) is 1.84. The van der Waals surface area contributed by atoms with Gasteiger partial charge in [-0.3, -0.25) is 0 Å². The van der Waals surface area contributed by atoms with Crippen molar-refractivity contribution in [2.24, 2.45) is 0 Å². The molecule has 1 saturated heterocycles. The van der Waals surface area contributed by atoms with Crippen LogP contribution >= 0.6 is 0 Å². The van der Waals surface area contributed by atoms with Crippen molar-refractivity contribution < 1.29 is 9.84 Å². The molecule has 0 saturated carbocycles. The lowest BCUT2D eigenvalue weighted by atomic mass is 10.1. The lowest BCUT2D eigenvalue weighted by Crippen LogP contribution is -2.38. The number of anilines is 1. The molecule has 0 unspecified atom stereocenters. The second-order valence-electron chi connectivity index (χ2n) is 6.43. The number of hydrogen-bond acceptors (Lipinski definition) is 5. The van der Waals surface area contributed by atoms with Crippen molar-refractivity contribution in [1.29, 1.82) is 0 Å². The van der Waals surface area contributed by atoms with Crippen LogP contribution in [0.2, 0.25) is 0 Å². The summed E-state index contributed by atoms with van der Waals surface area (Å²) in [6, 6.07) is 16.9. The van der Waals surface area contributed by atoms with Gasteiger partial charge in [-0.15, -0.1) is 0 Å². The van der Waals surface area contributed by atoms with Gasteiger partial charge in [0.1, 0.15) is 17.6 Å². The van der Waals surface area contributed by atoms with Gasteiger partial charge in [-0.2, -0.15) is 0 Å². The van der Waals surface area contributed by atoms with Gasteiger partial charge in [0.25, 0.3) is 0 Å². The van der Waals surface area contributed by atoms with Gasteiger partial charge >= 0.3 is 0 Å². The maximum atomic E-state index is 9.37. The Bertz CT molecular complexity index is 827. The molecule has 132 valence electrons. The molecule has 0 bridgehead atoms. The molecule has 1 aliphatic heterocycles. The standard InChI is InChI=1S/C21H21N3O2/c25-18-8-6-16(7-9-18)21-22-14-17(15-23-21)24-12-10-20(11-13-24)26-19-4-2-1-3-5-19/h1-9,14-15,20,25H,10-13H2. The number of ether oxygens (including phenoxy) is 1. The maximum Gasteiger partial charge on any atom is 0.159 e. The average molecular weight is 347 g/mol. The molecule has 1 aromatic heterocycles. The first-order valence-corrected chi connectivity index (χ1v) is 8.86. The summed E-state index contributed by atoms with van der Waals surface area (Å²) >= 11 is 0. The monoisotopic (exact) mass is 347 g/mol. The van der Waals surface area contributed by atoms with E-state index in [1.54, 1.807) is 12.1 Å². The molecule has 5 nitrogen and oxygen atoms in total. The lowest BCUT2D eigenvalue weighted by Gasteiger charge is -2.33. The van der Waals surface area contributed by atoms with Crippen LogP contribution in [0.1, 0.15) is 12.8 Å². The third-order valence-electron chi connectivity index (χ3n) is 4.62. The normalized spacial score (nSPS) is 15.0. The minimum absolute atomic E-state index is 0.242. The zero-order valence-corrected chi connectivity index (χ0v) is 14.5. The molecule has 4 rings (SSSR count). The minimum atomic E-state index is 0.242. The summed E-state index contributed by atoms with van der Waals surface area (Å²) < 4.78 is 6.05. The number of aromatic nitrogens is 2. The zero-order chi connectivity index (χ0) is 17.8. The topological polar surface area (TPSA) is 58.5 Å². The van der Waals surface area contributed by atoms with Gasteiger partial charge in [-0.05, 0) is 36.4 Å². The minimum Gasteiger partial charge on any atom is -0.508 e. The summed E-state index contributed by atoms with van der Waals surface area (Å²) in [6.45, 7) is 1.86. The highest BCUT2D eigenvalue weighted by Gasteiger charge is 2.21. The van der Waals surface area contributed by atoms with Crippen LogP contribution in [0.4, 0.5) is 5.69 Å². The molecule has 1 N–H and O–H groups in total. The van der Waals surface area contributed by atoms with Gasteiger partial charge in [0.05, 0.1) is 18.1 Å². The van der Waals surface area contributed by atoms with Crippen LogP contribution in [0.3, 0.4) is 0 Å². The number of phenolic OH excluding ortho intramolecular Hbond substituents is 1. The van der Waals surface area contributed by atoms with Crippen molar-refractivity contribution in [2.45, 2.75) is 18.9 Å². The van der Waals surface area contributed by atoms with E-state index in [4.69, 9.17) is 4.74 Å². The first-order valence-electron chi connectivity index (χ1n) is 8.86. The number of para-hydroxylation sites is 1. The highest BCUT2D eigenvalue weighted by molar-refractivity contribution is 5.57. The number of hydrogen-bond donors (Lipinski definition) is 1. The van der Waals surface area contributed by atoms with Crippen LogP contribution in [-0.4, -0.2) is 34.3 Å². The van der Waals surface area contributed by atoms with Crippen LogP contribution in [-0.2, 0) is 0 Å². The second-order valence-corrected chi connectivity index (χ2v) is 6.43. The van der Waals surface area contributed by atoms with Crippen molar-refractivity contribution in [1.82, 2.24) is 9.97 Å². The zero-order valence-electron chi connectivity index (χ0n) is 14.5. The van der Waals surface area contributed by atoms with Crippen LogP contribution in [0.25, 0.3) is 11.4 Å². The molecule has 0 radical (unpaired) electrons. The fraction of sp³-hybridized carbons (Fsp3) is 0.238. The Hall–Kier alpha value is -3.08. The largest absolute Gasteiger partial charge is 0.508 e. The number of nitrogens with zero attached hydrogens (tertiary/aromatic N) is 3. The summed E-state index contributed by atoms with van der Waals surface area (Å²) in [6.07, 6.45) is 5.95. The highest BCUT2D eigenvalue weighted by atomic mass is 16.5. The van der Waals surface area contributed by atoms with Crippen molar-refractivity contribution in [3.05, 3.63) is 67.0 Å². The Morgan fingerprint density at radius 3 is 2.19 bits per heavy atom. The Morgan fingerprint density at radius 1 is 0.885 bits per heavy atom. The van der Waals surface area contributed by atoms with Gasteiger partial charge in [-0.1, -0.05) is 18.2 Å². The van der Waals surface area contributed by atoms with E-state index in [-0.39, 0.29) is 11.9 Å². The van der Waals surface area contributed by atoms with Crippen molar-refractivity contribution in [3.8, 4) is 22.9 Å². The predicted molar refractivity (Wildman–Crippen MR) is 101 cm³/mol. The molecule has 0 aliphatic carbocycles. The third kappa shape index (κ3) is 3.77. The molecule has 2 aromatic carbocycles. The van der Waals surface area contributed by atoms with E-state index in [2.05, 4.69) is 14.9 Å². The van der Waals surface area contributed by atoms with E-state index >= 15 is 0 Å². The Kier molecular flexibility index (Phi) is 4.69. The van der Waals surface area contributed by atoms with Gasteiger partial charge in [0, 0.05) is 31.5 Å². The highest BCUT2D eigenvalue weighted by Crippen LogP contribution is 2.24. The number of rotatable bonds is 4. The molecule has 1 aliphatic rings. The summed E-state index contributed by atoms with van der Waals surface area (Å²) in [7, 11) is 0.